The SMILES string of the molecule is COc1ccc(CCC(=O)N2CCN(c3nc4c(s3)c(C)nn4-c3ccc(F)cc3)CC2)cc1. The van der Waals surface area contributed by atoms with E-state index in [0.29, 0.717) is 19.5 Å². The van der Waals surface area contributed by atoms with Gasteiger partial charge in [0.05, 0.1) is 23.2 Å². The molecule has 5 rings (SSSR count). The summed E-state index contributed by atoms with van der Waals surface area (Å²) in [5.41, 5.74) is 3.59. The van der Waals surface area contributed by atoms with Gasteiger partial charge in [-0.25, -0.2) is 9.07 Å². The van der Waals surface area contributed by atoms with Crippen molar-refractivity contribution < 1.29 is 13.9 Å². The van der Waals surface area contributed by atoms with Gasteiger partial charge >= 0.3 is 0 Å². The van der Waals surface area contributed by atoms with E-state index in [-0.39, 0.29) is 11.7 Å². The molecule has 0 unspecified atom stereocenters. The van der Waals surface area contributed by atoms with E-state index in [0.717, 1.165) is 57.7 Å². The first-order valence-electron chi connectivity index (χ1n) is 11.3. The van der Waals surface area contributed by atoms with Crippen molar-refractivity contribution in [2.75, 3.05) is 38.2 Å². The van der Waals surface area contributed by atoms with Gasteiger partial charge in [-0.3, -0.25) is 4.79 Å². The normalized spacial score (nSPS) is 14.1. The highest BCUT2D eigenvalue weighted by Gasteiger charge is 2.24. The predicted molar refractivity (Wildman–Crippen MR) is 132 cm³/mol. The van der Waals surface area contributed by atoms with Crippen molar-refractivity contribution >= 4 is 32.7 Å². The van der Waals surface area contributed by atoms with E-state index in [4.69, 9.17) is 9.72 Å². The molecule has 9 heteroatoms. The van der Waals surface area contributed by atoms with Crippen molar-refractivity contribution in [3.05, 3.63) is 65.6 Å². The lowest BCUT2D eigenvalue weighted by atomic mass is 10.1. The molecule has 2 aromatic carbocycles. The maximum absolute atomic E-state index is 13.3. The van der Waals surface area contributed by atoms with Gasteiger partial charge in [-0.2, -0.15) is 10.1 Å². The van der Waals surface area contributed by atoms with Crippen LogP contribution in [-0.2, 0) is 11.2 Å². The van der Waals surface area contributed by atoms with Gasteiger partial charge in [-0.15, -0.1) is 0 Å². The van der Waals surface area contributed by atoms with Crippen molar-refractivity contribution in [1.82, 2.24) is 19.7 Å². The molecule has 34 heavy (non-hydrogen) atoms. The molecule has 0 atom stereocenters. The molecular weight excluding hydrogens is 453 g/mol. The van der Waals surface area contributed by atoms with Crippen molar-refractivity contribution in [2.24, 2.45) is 0 Å². The summed E-state index contributed by atoms with van der Waals surface area (Å²) in [4.78, 5) is 21.8. The van der Waals surface area contributed by atoms with Crippen LogP contribution in [0, 0.1) is 12.7 Å². The second-order valence-corrected chi connectivity index (χ2v) is 9.32. The molecule has 1 saturated heterocycles. The van der Waals surface area contributed by atoms with E-state index in [1.807, 2.05) is 36.1 Å². The second-order valence-electron chi connectivity index (χ2n) is 8.34. The van der Waals surface area contributed by atoms with Gasteiger partial charge in [0.1, 0.15) is 11.6 Å². The number of carbonyl (C=O) groups is 1. The van der Waals surface area contributed by atoms with Gasteiger partial charge in [0.2, 0.25) is 5.91 Å². The highest BCUT2D eigenvalue weighted by molar-refractivity contribution is 7.22. The van der Waals surface area contributed by atoms with E-state index in [1.165, 1.54) is 12.1 Å². The average Bonchev–Trinajstić information content (AvgIpc) is 3.44. The molecule has 0 aliphatic carbocycles. The fraction of sp³-hybridized carbons (Fsp3) is 0.320. The van der Waals surface area contributed by atoms with Crippen LogP contribution in [0.2, 0.25) is 0 Å². The third-order valence-electron chi connectivity index (χ3n) is 6.14. The predicted octanol–water partition coefficient (Wildman–Crippen LogP) is 4.22. The maximum Gasteiger partial charge on any atom is 0.223 e. The number of halogens is 1. The number of rotatable bonds is 6. The minimum absolute atomic E-state index is 0.183. The highest BCUT2D eigenvalue weighted by atomic mass is 32.1. The Morgan fingerprint density at radius 3 is 2.44 bits per heavy atom. The van der Waals surface area contributed by atoms with E-state index < -0.39 is 0 Å². The molecule has 0 bridgehead atoms. The largest absolute Gasteiger partial charge is 0.497 e. The summed E-state index contributed by atoms with van der Waals surface area (Å²) in [5, 5.41) is 5.52. The number of aromatic nitrogens is 3. The Bertz CT molecular complexity index is 1290. The lowest BCUT2D eigenvalue weighted by Gasteiger charge is -2.34. The highest BCUT2D eigenvalue weighted by Crippen LogP contribution is 2.33. The van der Waals surface area contributed by atoms with Gasteiger partial charge < -0.3 is 14.5 Å². The number of fused-ring (bicyclic) bond motifs is 1. The van der Waals surface area contributed by atoms with Crippen LogP contribution in [0.15, 0.2) is 48.5 Å². The van der Waals surface area contributed by atoms with E-state index in [9.17, 15) is 9.18 Å². The van der Waals surface area contributed by atoms with Crippen LogP contribution in [0.5, 0.6) is 5.75 Å². The van der Waals surface area contributed by atoms with E-state index in [2.05, 4.69) is 10.00 Å². The van der Waals surface area contributed by atoms with E-state index >= 15 is 0 Å². The molecule has 1 aliphatic heterocycles. The zero-order valence-corrected chi connectivity index (χ0v) is 20.0. The third kappa shape index (κ3) is 4.48. The number of nitrogens with zero attached hydrogens (tertiary/aromatic N) is 5. The molecule has 0 saturated carbocycles. The molecule has 0 spiro atoms. The summed E-state index contributed by atoms with van der Waals surface area (Å²) < 4.78 is 21.3. The standard InChI is InChI=1S/C25H26FN5O2S/c1-17-23-24(31(28-17)20-8-6-19(26)7-9-20)27-25(34-23)30-15-13-29(14-16-30)22(32)12-5-18-3-10-21(33-2)11-4-18/h3-4,6-11H,5,12-16H2,1-2H3. The van der Waals surface area contributed by atoms with Crippen LogP contribution in [0.25, 0.3) is 16.0 Å². The molecule has 176 valence electrons. The molecule has 1 fully saturated rings. The van der Waals surface area contributed by atoms with Gasteiger partial charge in [-0.05, 0) is 55.3 Å². The van der Waals surface area contributed by atoms with Gasteiger partial charge in [0.15, 0.2) is 10.8 Å². The number of anilines is 1. The van der Waals surface area contributed by atoms with Crippen molar-refractivity contribution in [3.63, 3.8) is 0 Å². The third-order valence-corrected chi connectivity index (χ3v) is 7.35. The summed E-state index contributed by atoms with van der Waals surface area (Å²) in [7, 11) is 1.65. The van der Waals surface area contributed by atoms with Crippen LogP contribution in [-0.4, -0.2) is 58.9 Å². The first-order chi connectivity index (χ1) is 16.5. The summed E-state index contributed by atoms with van der Waals surface area (Å²) >= 11 is 1.61. The molecule has 2 aromatic heterocycles. The van der Waals surface area contributed by atoms with Crippen LogP contribution < -0.4 is 9.64 Å². The van der Waals surface area contributed by atoms with Crippen molar-refractivity contribution in [1.29, 1.82) is 0 Å². The van der Waals surface area contributed by atoms with Crippen LogP contribution in [0.3, 0.4) is 0 Å². The number of hydrogen-bond acceptors (Lipinski definition) is 6. The fourth-order valence-corrected chi connectivity index (χ4v) is 5.21. The summed E-state index contributed by atoms with van der Waals surface area (Å²) in [6, 6.07) is 14.1. The number of methoxy groups -OCH3 is 1. The Kier molecular flexibility index (Phi) is 6.19. The topological polar surface area (TPSA) is 63.5 Å². The van der Waals surface area contributed by atoms with Crippen LogP contribution in [0.4, 0.5) is 9.52 Å². The molecule has 1 amide bonds. The Hall–Kier alpha value is -3.46. The lowest BCUT2D eigenvalue weighted by molar-refractivity contribution is -0.131. The molecular formula is C25H26FN5O2S. The summed E-state index contributed by atoms with van der Waals surface area (Å²) in [6.45, 7) is 4.81. The second kappa shape index (κ2) is 9.42. The number of carbonyl (C=O) groups excluding carboxylic acids is 1. The Morgan fingerprint density at radius 1 is 1.06 bits per heavy atom. The maximum atomic E-state index is 13.3. The van der Waals surface area contributed by atoms with Gasteiger partial charge in [0.25, 0.3) is 0 Å². The van der Waals surface area contributed by atoms with Crippen LogP contribution >= 0.6 is 11.3 Å². The molecule has 7 nitrogen and oxygen atoms in total. The summed E-state index contributed by atoms with van der Waals surface area (Å²) in [5.74, 6) is 0.725. The smallest absolute Gasteiger partial charge is 0.223 e. The quantitative estimate of drug-likeness (QED) is 0.414. The number of thiazole rings is 1. The molecule has 0 radical (unpaired) electrons. The Morgan fingerprint density at radius 2 is 1.76 bits per heavy atom. The van der Waals surface area contributed by atoms with Crippen LogP contribution in [0.1, 0.15) is 17.7 Å². The molecule has 0 N–H and O–H groups in total. The average molecular weight is 480 g/mol. The Labute approximate surface area is 201 Å². The van der Waals surface area contributed by atoms with Crippen molar-refractivity contribution in [3.8, 4) is 11.4 Å². The number of benzene rings is 2. The molecule has 4 aromatic rings. The fourth-order valence-electron chi connectivity index (χ4n) is 4.17. The minimum atomic E-state index is -0.278. The lowest BCUT2D eigenvalue weighted by Crippen LogP contribution is -2.48. The monoisotopic (exact) mass is 479 g/mol. The first-order valence-corrected chi connectivity index (χ1v) is 12.1. The zero-order chi connectivity index (χ0) is 23.7. The Balaban J connectivity index is 1.22. The van der Waals surface area contributed by atoms with Crippen molar-refractivity contribution in [2.45, 2.75) is 19.8 Å². The van der Waals surface area contributed by atoms with Gasteiger partial charge in [-0.1, -0.05) is 23.5 Å². The number of piperazine rings is 1. The number of ether oxygens (including phenoxy) is 1. The summed E-state index contributed by atoms with van der Waals surface area (Å²) in [6.07, 6.45) is 1.22. The minimum Gasteiger partial charge on any atom is -0.497 e. The molecule has 1 aliphatic rings. The van der Waals surface area contributed by atoms with Gasteiger partial charge in [0, 0.05) is 32.6 Å². The number of aryl methyl sites for hydroxylation is 2. The number of hydrogen-bond donors (Lipinski definition) is 0. The zero-order valence-electron chi connectivity index (χ0n) is 19.2. The molecule has 3 heterocycles. The first kappa shape index (κ1) is 22.3. The number of amides is 1. The van der Waals surface area contributed by atoms with E-state index in [1.54, 1.807) is 35.3 Å².